The van der Waals surface area contributed by atoms with Crippen LogP contribution in [0.25, 0.3) is 0 Å². The number of aliphatic hydroxyl groups is 1. The van der Waals surface area contributed by atoms with E-state index < -0.39 is 5.60 Å². The number of nitrogens with zero attached hydrogens (tertiary/aromatic N) is 3. The van der Waals surface area contributed by atoms with E-state index in [-0.39, 0.29) is 23.1 Å². The summed E-state index contributed by atoms with van der Waals surface area (Å²) in [4.78, 5) is 21.3. The highest BCUT2D eigenvalue weighted by Crippen LogP contribution is 2.64. The second kappa shape index (κ2) is 8.63. The van der Waals surface area contributed by atoms with Crippen LogP contribution >= 0.6 is 0 Å². The molecule has 7 heteroatoms. The fraction of sp³-hybridized carbons (Fsp3) is 0.769. The molecule has 7 nitrogen and oxygen atoms in total. The molecule has 1 amide bonds. The third kappa shape index (κ3) is 3.95. The second-order valence-corrected chi connectivity index (χ2v) is 11.4. The number of anilines is 1. The molecule has 0 radical (unpaired) electrons. The van der Waals surface area contributed by atoms with E-state index in [1.54, 1.807) is 13.2 Å². The number of methoxy groups -OCH3 is 1. The van der Waals surface area contributed by atoms with Gasteiger partial charge in [-0.15, -0.1) is 0 Å². The Kier molecular flexibility index (Phi) is 5.95. The van der Waals surface area contributed by atoms with Crippen molar-refractivity contribution < 1.29 is 14.6 Å². The number of hydrogen-bond donors (Lipinski definition) is 2. The molecule has 0 aromatic carbocycles. The molecule has 4 aliphatic carbocycles. The molecule has 0 aliphatic heterocycles. The molecule has 0 spiro atoms. The lowest BCUT2D eigenvalue weighted by molar-refractivity contribution is -0.134. The highest BCUT2D eigenvalue weighted by atomic mass is 16.5. The SMILES string of the molecule is COCC1(O)CCC2C(CCC3C2CCC2(C)C(C(=O)Nc4ccnc(C#N)n4)CCC32)C1. The van der Waals surface area contributed by atoms with Gasteiger partial charge in [-0.25, -0.2) is 9.97 Å². The average molecular weight is 453 g/mol. The summed E-state index contributed by atoms with van der Waals surface area (Å²) in [6.45, 7) is 2.79. The van der Waals surface area contributed by atoms with E-state index in [1.807, 2.05) is 6.07 Å². The number of carbonyl (C=O) groups excluding carboxylic acids is 1. The number of amides is 1. The Hall–Kier alpha value is -2.04. The average Bonchev–Trinajstić information content (AvgIpc) is 3.16. The minimum Gasteiger partial charge on any atom is -0.387 e. The van der Waals surface area contributed by atoms with E-state index in [0.29, 0.717) is 36.1 Å². The highest BCUT2D eigenvalue weighted by Gasteiger charge is 2.59. The molecule has 8 atom stereocenters. The Labute approximate surface area is 196 Å². The zero-order valence-electron chi connectivity index (χ0n) is 19.8. The van der Waals surface area contributed by atoms with Crippen LogP contribution in [-0.4, -0.2) is 40.3 Å². The van der Waals surface area contributed by atoms with Gasteiger partial charge in [0.2, 0.25) is 11.7 Å². The number of ether oxygens (including phenoxy) is 1. The Morgan fingerprint density at radius 1 is 1.21 bits per heavy atom. The molecule has 178 valence electrons. The topological polar surface area (TPSA) is 108 Å². The zero-order chi connectivity index (χ0) is 23.2. The predicted octanol–water partition coefficient (Wildman–Crippen LogP) is 3.93. The molecule has 1 aromatic rings. The van der Waals surface area contributed by atoms with E-state index in [2.05, 4.69) is 22.2 Å². The number of aromatic nitrogens is 2. The van der Waals surface area contributed by atoms with Crippen LogP contribution in [0.15, 0.2) is 12.3 Å². The molecular formula is C26H36N4O3. The molecule has 1 aromatic heterocycles. The van der Waals surface area contributed by atoms with Gasteiger partial charge in [0.15, 0.2) is 0 Å². The van der Waals surface area contributed by atoms with Crippen molar-refractivity contribution in [3.05, 3.63) is 18.1 Å². The van der Waals surface area contributed by atoms with Gasteiger partial charge in [0, 0.05) is 19.2 Å². The minimum atomic E-state index is -0.644. The maximum Gasteiger partial charge on any atom is 0.234 e. The van der Waals surface area contributed by atoms with Gasteiger partial charge in [0.1, 0.15) is 11.9 Å². The quantitative estimate of drug-likeness (QED) is 0.716. The lowest BCUT2D eigenvalue weighted by atomic mass is 9.49. The number of nitriles is 1. The molecule has 0 saturated heterocycles. The fourth-order valence-electron chi connectivity index (χ4n) is 8.49. The van der Waals surface area contributed by atoms with Crippen molar-refractivity contribution in [2.24, 2.45) is 40.9 Å². The van der Waals surface area contributed by atoms with E-state index in [0.717, 1.165) is 44.4 Å². The van der Waals surface area contributed by atoms with E-state index in [1.165, 1.54) is 25.5 Å². The van der Waals surface area contributed by atoms with Crippen LogP contribution in [0.4, 0.5) is 5.82 Å². The van der Waals surface area contributed by atoms with Gasteiger partial charge < -0.3 is 15.2 Å². The molecule has 0 bridgehead atoms. The highest BCUT2D eigenvalue weighted by molar-refractivity contribution is 5.92. The summed E-state index contributed by atoms with van der Waals surface area (Å²) in [6.07, 6.45) is 11.1. The van der Waals surface area contributed by atoms with Crippen molar-refractivity contribution in [2.75, 3.05) is 19.0 Å². The first-order valence-corrected chi connectivity index (χ1v) is 12.6. The summed E-state index contributed by atoms with van der Waals surface area (Å²) in [6, 6.07) is 3.58. The van der Waals surface area contributed by atoms with Crippen molar-refractivity contribution in [1.82, 2.24) is 9.97 Å². The molecule has 2 N–H and O–H groups in total. The van der Waals surface area contributed by atoms with Gasteiger partial charge in [0.25, 0.3) is 0 Å². The van der Waals surface area contributed by atoms with E-state index >= 15 is 0 Å². The Morgan fingerprint density at radius 2 is 2.03 bits per heavy atom. The van der Waals surface area contributed by atoms with Gasteiger partial charge in [0.05, 0.1) is 12.2 Å². The van der Waals surface area contributed by atoms with Gasteiger partial charge in [-0.05, 0) is 98.9 Å². The lowest BCUT2D eigenvalue weighted by Crippen LogP contribution is -2.52. The van der Waals surface area contributed by atoms with Crippen LogP contribution in [0.5, 0.6) is 0 Å². The summed E-state index contributed by atoms with van der Waals surface area (Å²) in [5.74, 6) is 3.85. The molecule has 5 rings (SSSR count). The van der Waals surface area contributed by atoms with Gasteiger partial charge in [-0.3, -0.25) is 4.79 Å². The van der Waals surface area contributed by atoms with Crippen molar-refractivity contribution in [1.29, 1.82) is 5.26 Å². The first-order valence-electron chi connectivity index (χ1n) is 12.6. The van der Waals surface area contributed by atoms with Crippen LogP contribution in [-0.2, 0) is 9.53 Å². The number of nitrogens with one attached hydrogen (secondary N) is 1. The summed E-state index contributed by atoms with van der Waals surface area (Å²) in [5, 5.41) is 23.0. The third-order valence-corrected chi connectivity index (χ3v) is 9.84. The van der Waals surface area contributed by atoms with Crippen LogP contribution in [0.3, 0.4) is 0 Å². The van der Waals surface area contributed by atoms with E-state index in [9.17, 15) is 9.90 Å². The monoisotopic (exact) mass is 452 g/mol. The molecule has 8 unspecified atom stereocenters. The first-order chi connectivity index (χ1) is 15.9. The van der Waals surface area contributed by atoms with Gasteiger partial charge in [-0.2, -0.15) is 5.26 Å². The maximum atomic E-state index is 13.3. The summed E-state index contributed by atoms with van der Waals surface area (Å²) in [5.41, 5.74) is -0.622. The Bertz CT molecular complexity index is 948. The maximum absolute atomic E-state index is 13.3. The molecule has 33 heavy (non-hydrogen) atoms. The largest absolute Gasteiger partial charge is 0.387 e. The lowest BCUT2D eigenvalue weighted by Gasteiger charge is -2.57. The number of rotatable bonds is 4. The van der Waals surface area contributed by atoms with Crippen molar-refractivity contribution in [3.63, 3.8) is 0 Å². The molecular weight excluding hydrogens is 416 g/mol. The van der Waals surface area contributed by atoms with Crippen molar-refractivity contribution in [3.8, 4) is 6.07 Å². The fourth-order valence-corrected chi connectivity index (χ4v) is 8.49. The van der Waals surface area contributed by atoms with Crippen LogP contribution < -0.4 is 5.32 Å². The van der Waals surface area contributed by atoms with Gasteiger partial charge >= 0.3 is 0 Å². The van der Waals surface area contributed by atoms with Crippen LogP contribution in [0.2, 0.25) is 0 Å². The smallest absolute Gasteiger partial charge is 0.234 e. The molecule has 1 heterocycles. The third-order valence-electron chi connectivity index (χ3n) is 9.84. The van der Waals surface area contributed by atoms with E-state index in [4.69, 9.17) is 10.00 Å². The molecule has 4 fully saturated rings. The standard InChI is InChI=1S/C26H36N4O3/c1-25-10-7-18-17-8-11-26(32,15-33-2)13-16(17)3-4-19(18)20(25)5-6-21(25)24(31)30-22-9-12-28-23(14-27)29-22/h9,12,16-21,32H,3-8,10-11,13,15H2,1-2H3,(H,28,29,30,31). The summed E-state index contributed by atoms with van der Waals surface area (Å²) >= 11 is 0. The zero-order valence-corrected chi connectivity index (χ0v) is 19.8. The second-order valence-electron chi connectivity index (χ2n) is 11.4. The number of fused-ring (bicyclic) bond motifs is 5. The number of hydrogen-bond acceptors (Lipinski definition) is 6. The molecule has 4 aliphatic rings. The summed E-state index contributed by atoms with van der Waals surface area (Å²) in [7, 11) is 1.68. The predicted molar refractivity (Wildman–Crippen MR) is 123 cm³/mol. The van der Waals surface area contributed by atoms with Crippen molar-refractivity contribution >= 4 is 11.7 Å². The number of carbonyl (C=O) groups is 1. The minimum absolute atomic E-state index is 0.0141. The molecule has 4 saturated carbocycles. The van der Waals surface area contributed by atoms with Gasteiger partial charge in [-0.1, -0.05) is 6.92 Å². The van der Waals surface area contributed by atoms with Crippen LogP contribution in [0, 0.1) is 52.3 Å². The first kappa shape index (κ1) is 22.7. The Morgan fingerprint density at radius 3 is 2.82 bits per heavy atom. The Balaban J connectivity index is 1.28. The van der Waals surface area contributed by atoms with Crippen molar-refractivity contribution in [2.45, 2.75) is 70.3 Å². The summed E-state index contributed by atoms with van der Waals surface area (Å²) < 4.78 is 5.32. The van der Waals surface area contributed by atoms with Crippen LogP contribution in [0.1, 0.15) is 70.5 Å². The normalized spacial score (nSPS) is 41.9.